The fourth-order valence-electron chi connectivity index (χ4n) is 1.39. The second-order valence-corrected chi connectivity index (χ2v) is 3.84. The first-order chi connectivity index (χ1) is 7.27. The zero-order valence-corrected chi connectivity index (χ0v) is 9.92. The van der Waals surface area contributed by atoms with Gasteiger partial charge in [-0.15, -0.1) is 11.6 Å². The van der Waals surface area contributed by atoms with Crippen LogP contribution in [-0.4, -0.2) is 30.6 Å². The maximum absolute atomic E-state index is 5.73. The highest BCUT2D eigenvalue weighted by Gasteiger charge is 2.08. The number of methoxy groups -OCH3 is 1. The minimum Gasteiger partial charge on any atom is -0.383 e. The van der Waals surface area contributed by atoms with Crippen LogP contribution in [0.5, 0.6) is 0 Å². The number of rotatable bonds is 6. The lowest BCUT2D eigenvalue weighted by Gasteiger charge is -2.19. The molecule has 4 heteroatoms. The number of ether oxygens (including phenoxy) is 1. The summed E-state index contributed by atoms with van der Waals surface area (Å²) in [6, 6.07) is 2.22. The fraction of sp³-hybridized carbons (Fsp3) is 0.545. The minimum absolute atomic E-state index is 0.258. The quantitative estimate of drug-likeness (QED) is 0.760. The molecule has 0 aromatic carbocycles. The van der Waals surface area contributed by atoms with Crippen LogP contribution in [0.2, 0.25) is 0 Å². The number of aryl methyl sites for hydroxylation is 1. The third-order valence-electron chi connectivity index (χ3n) is 2.21. The van der Waals surface area contributed by atoms with Gasteiger partial charge in [0, 0.05) is 31.1 Å². The fourth-order valence-corrected chi connectivity index (χ4v) is 1.65. The Morgan fingerprint density at radius 3 is 3.00 bits per heavy atom. The number of pyridine rings is 1. The molecule has 0 fully saturated rings. The third kappa shape index (κ3) is 4.06. The number of alkyl halides is 1. The predicted molar refractivity (Wildman–Crippen MR) is 63.6 cm³/mol. The molecule has 0 amide bonds. The zero-order valence-electron chi connectivity index (χ0n) is 9.16. The van der Waals surface area contributed by atoms with Gasteiger partial charge in [0.15, 0.2) is 0 Å². The summed E-state index contributed by atoms with van der Waals surface area (Å²) in [7, 11) is 1.70. The number of hydrogen-bond donors (Lipinski definition) is 1. The molecule has 0 saturated heterocycles. The van der Waals surface area contributed by atoms with Crippen molar-refractivity contribution in [3.8, 4) is 0 Å². The van der Waals surface area contributed by atoms with Crippen molar-refractivity contribution in [3.63, 3.8) is 0 Å². The molecule has 3 nitrogen and oxygen atoms in total. The highest BCUT2D eigenvalue weighted by molar-refractivity contribution is 6.17. The van der Waals surface area contributed by atoms with Gasteiger partial charge in [0.1, 0.15) is 0 Å². The van der Waals surface area contributed by atoms with E-state index in [4.69, 9.17) is 16.3 Å². The van der Waals surface area contributed by atoms with E-state index in [0.29, 0.717) is 12.5 Å². The van der Waals surface area contributed by atoms with Crippen molar-refractivity contribution in [3.05, 3.63) is 24.0 Å². The molecular formula is C11H17ClN2O. The average molecular weight is 229 g/mol. The lowest BCUT2D eigenvalue weighted by Crippen LogP contribution is -2.25. The van der Waals surface area contributed by atoms with E-state index in [2.05, 4.69) is 10.3 Å². The molecule has 0 spiro atoms. The Morgan fingerprint density at radius 1 is 1.60 bits per heavy atom. The highest BCUT2D eigenvalue weighted by atomic mass is 35.5. The smallest absolute Gasteiger partial charge is 0.0664 e. The molecule has 0 saturated carbocycles. The van der Waals surface area contributed by atoms with Gasteiger partial charge in [-0.25, -0.2) is 0 Å². The Bertz CT molecular complexity index is 288. The van der Waals surface area contributed by atoms with Gasteiger partial charge in [-0.3, -0.25) is 4.98 Å². The average Bonchev–Trinajstić information content (AvgIpc) is 2.22. The molecule has 1 N–H and O–H groups in total. The molecule has 0 aliphatic rings. The summed E-state index contributed by atoms with van der Waals surface area (Å²) >= 11 is 5.73. The van der Waals surface area contributed by atoms with Crippen molar-refractivity contribution in [2.24, 2.45) is 0 Å². The maximum Gasteiger partial charge on any atom is 0.0664 e. The van der Waals surface area contributed by atoms with E-state index in [1.807, 2.05) is 19.2 Å². The summed E-state index contributed by atoms with van der Waals surface area (Å²) in [5, 5.41) is 3.40. The van der Waals surface area contributed by atoms with Crippen molar-refractivity contribution in [1.82, 2.24) is 4.98 Å². The standard InChI is InChI=1S/C11H17ClN2O/c1-9-7-13-6-4-11(9)14-10(3-5-12)8-15-2/h4,6-7,10H,3,5,8H2,1-2H3,(H,13,14). The molecule has 0 aliphatic heterocycles. The monoisotopic (exact) mass is 228 g/mol. The Labute approximate surface area is 95.8 Å². The molecule has 1 aromatic rings. The van der Waals surface area contributed by atoms with Gasteiger partial charge >= 0.3 is 0 Å². The van der Waals surface area contributed by atoms with Crippen LogP contribution in [0.25, 0.3) is 0 Å². The van der Waals surface area contributed by atoms with Gasteiger partial charge in [0.25, 0.3) is 0 Å². The van der Waals surface area contributed by atoms with Crippen LogP contribution in [0.15, 0.2) is 18.5 Å². The van der Waals surface area contributed by atoms with E-state index in [1.165, 1.54) is 0 Å². The summed E-state index contributed by atoms with van der Waals surface area (Å²) in [5.41, 5.74) is 2.23. The van der Waals surface area contributed by atoms with Crippen LogP contribution < -0.4 is 5.32 Å². The second kappa shape index (κ2) is 6.64. The van der Waals surface area contributed by atoms with E-state index < -0.39 is 0 Å². The van der Waals surface area contributed by atoms with Crippen LogP contribution in [0, 0.1) is 6.92 Å². The summed E-state index contributed by atoms with van der Waals surface area (Å²) in [6.07, 6.45) is 4.50. The molecule has 15 heavy (non-hydrogen) atoms. The van der Waals surface area contributed by atoms with Gasteiger partial charge in [0.2, 0.25) is 0 Å². The van der Waals surface area contributed by atoms with Gasteiger partial charge in [-0.1, -0.05) is 0 Å². The van der Waals surface area contributed by atoms with E-state index in [1.54, 1.807) is 13.3 Å². The molecule has 1 heterocycles. The van der Waals surface area contributed by atoms with Crippen molar-refractivity contribution in [1.29, 1.82) is 0 Å². The Hall–Kier alpha value is -0.800. The first-order valence-corrected chi connectivity index (χ1v) is 5.53. The Morgan fingerprint density at radius 2 is 2.40 bits per heavy atom. The number of anilines is 1. The topological polar surface area (TPSA) is 34.1 Å². The number of aromatic nitrogens is 1. The molecule has 84 valence electrons. The number of nitrogens with one attached hydrogen (secondary N) is 1. The first-order valence-electron chi connectivity index (χ1n) is 5.00. The van der Waals surface area contributed by atoms with Crippen LogP contribution in [-0.2, 0) is 4.74 Å². The normalized spacial score (nSPS) is 12.5. The number of halogens is 1. The Kier molecular flexibility index (Phi) is 5.43. The molecule has 1 unspecified atom stereocenters. The van der Waals surface area contributed by atoms with Crippen LogP contribution in [0.4, 0.5) is 5.69 Å². The second-order valence-electron chi connectivity index (χ2n) is 3.46. The lowest BCUT2D eigenvalue weighted by molar-refractivity contribution is 0.184. The SMILES string of the molecule is COCC(CCCl)Nc1ccncc1C. The summed E-state index contributed by atoms with van der Waals surface area (Å²) in [4.78, 5) is 4.05. The largest absolute Gasteiger partial charge is 0.383 e. The van der Waals surface area contributed by atoms with E-state index in [9.17, 15) is 0 Å². The van der Waals surface area contributed by atoms with E-state index in [0.717, 1.165) is 17.7 Å². The van der Waals surface area contributed by atoms with Gasteiger partial charge in [-0.05, 0) is 25.0 Å². The van der Waals surface area contributed by atoms with Gasteiger partial charge in [-0.2, -0.15) is 0 Å². The third-order valence-corrected chi connectivity index (χ3v) is 2.42. The predicted octanol–water partition coefficient (Wildman–Crippen LogP) is 2.45. The Balaban J connectivity index is 2.60. The van der Waals surface area contributed by atoms with Crippen LogP contribution in [0.3, 0.4) is 0 Å². The van der Waals surface area contributed by atoms with E-state index in [-0.39, 0.29) is 6.04 Å². The molecule has 1 atom stereocenters. The molecule has 0 radical (unpaired) electrons. The highest BCUT2D eigenvalue weighted by Crippen LogP contribution is 2.14. The van der Waals surface area contributed by atoms with Crippen molar-refractivity contribution in [2.75, 3.05) is 24.9 Å². The molecule has 0 bridgehead atoms. The van der Waals surface area contributed by atoms with Crippen LogP contribution in [0.1, 0.15) is 12.0 Å². The summed E-state index contributed by atoms with van der Waals surface area (Å²) < 4.78 is 5.13. The van der Waals surface area contributed by atoms with Crippen molar-refractivity contribution >= 4 is 17.3 Å². The van der Waals surface area contributed by atoms with Crippen molar-refractivity contribution < 1.29 is 4.74 Å². The number of nitrogens with zero attached hydrogens (tertiary/aromatic N) is 1. The lowest BCUT2D eigenvalue weighted by atomic mass is 10.2. The summed E-state index contributed by atoms with van der Waals surface area (Å²) in [5.74, 6) is 0.630. The molecule has 1 aromatic heterocycles. The first kappa shape index (κ1) is 12.3. The number of hydrogen-bond acceptors (Lipinski definition) is 3. The van der Waals surface area contributed by atoms with Crippen molar-refractivity contribution in [2.45, 2.75) is 19.4 Å². The van der Waals surface area contributed by atoms with Gasteiger partial charge in [0.05, 0.1) is 12.6 Å². The van der Waals surface area contributed by atoms with E-state index >= 15 is 0 Å². The molecular weight excluding hydrogens is 212 g/mol. The van der Waals surface area contributed by atoms with Gasteiger partial charge < -0.3 is 10.1 Å². The molecule has 0 aliphatic carbocycles. The minimum atomic E-state index is 0.258. The molecule has 1 rings (SSSR count). The summed E-state index contributed by atoms with van der Waals surface area (Å²) in [6.45, 7) is 2.69. The van der Waals surface area contributed by atoms with Crippen LogP contribution >= 0.6 is 11.6 Å². The zero-order chi connectivity index (χ0) is 11.1. The maximum atomic E-state index is 5.73.